The SMILES string of the molecule is COC1C=CCC(CC(C)CCCO[Si](c2ccccc2)(c2ccccc2)C(C)(C)C)O1. The topological polar surface area (TPSA) is 27.7 Å². The van der Waals surface area contributed by atoms with Crippen molar-refractivity contribution in [3.8, 4) is 0 Å². The molecule has 0 fully saturated rings. The highest BCUT2D eigenvalue weighted by atomic mass is 28.4. The van der Waals surface area contributed by atoms with Crippen LogP contribution in [-0.4, -0.2) is 34.4 Å². The van der Waals surface area contributed by atoms with E-state index in [-0.39, 0.29) is 17.4 Å². The smallest absolute Gasteiger partial charge is 0.261 e. The maximum absolute atomic E-state index is 7.02. The quantitative estimate of drug-likeness (QED) is 0.263. The van der Waals surface area contributed by atoms with Crippen molar-refractivity contribution in [1.29, 1.82) is 0 Å². The largest absolute Gasteiger partial charge is 0.407 e. The molecule has 0 amide bonds. The summed E-state index contributed by atoms with van der Waals surface area (Å²) >= 11 is 0. The molecule has 174 valence electrons. The lowest BCUT2D eigenvalue weighted by atomic mass is 9.96. The summed E-state index contributed by atoms with van der Waals surface area (Å²) < 4.78 is 18.3. The Bertz CT molecular complexity index is 789. The van der Waals surface area contributed by atoms with Gasteiger partial charge < -0.3 is 13.9 Å². The van der Waals surface area contributed by atoms with Crippen molar-refractivity contribution in [3.63, 3.8) is 0 Å². The summed E-state index contributed by atoms with van der Waals surface area (Å²) in [6.45, 7) is 10.1. The molecule has 0 aliphatic carbocycles. The third-order valence-electron chi connectivity index (χ3n) is 6.49. The van der Waals surface area contributed by atoms with Gasteiger partial charge in [-0.25, -0.2) is 0 Å². The fourth-order valence-electron chi connectivity index (χ4n) is 4.90. The zero-order valence-corrected chi connectivity index (χ0v) is 21.4. The van der Waals surface area contributed by atoms with Gasteiger partial charge >= 0.3 is 0 Å². The Hall–Kier alpha value is -1.72. The second-order valence-electron chi connectivity index (χ2n) is 10.0. The van der Waals surface area contributed by atoms with Gasteiger partial charge in [-0.3, -0.25) is 0 Å². The minimum absolute atomic E-state index is 0.0265. The van der Waals surface area contributed by atoms with E-state index >= 15 is 0 Å². The first-order valence-electron chi connectivity index (χ1n) is 12.0. The highest BCUT2D eigenvalue weighted by Crippen LogP contribution is 2.37. The Kier molecular flexibility index (Phi) is 8.89. The Labute approximate surface area is 195 Å². The van der Waals surface area contributed by atoms with E-state index in [0.717, 1.165) is 32.3 Å². The molecule has 0 spiro atoms. The van der Waals surface area contributed by atoms with Gasteiger partial charge in [0.2, 0.25) is 0 Å². The molecule has 2 aromatic carbocycles. The van der Waals surface area contributed by atoms with Crippen LogP contribution in [0.5, 0.6) is 0 Å². The van der Waals surface area contributed by atoms with E-state index in [2.05, 4.69) is 94.4 Å². The van der Waals surface area contributed by atoms with Gasteiger partial charge in [-0.1, -0.05) is 94.4 Å². The highest BCUT2D eigenvalue weighted by Gasteiger charge is 2.49. The molecule has 3 unspecified atom stereocenters. The number of ether oxygens (including phenoxy) is 2. The van der Waals surface area contributed by atoms with Gasteiger partial charge in [0, 0.05) is 13.7 Å². The molecule has 0 radical (unpaired) electrons. The maximum Gasteiger partial charge on any atom is 0.261 e. The number of benzene rings is 2. The van der Waals surface area contributed by atoms with Crippen molar-refractivity contribution >= 4 is 18.7 Å². The molecule has 4 heteroatoms. The van der Waals surface area contributed by atoms with Crippen molar-refractivity contribution < 1.29 is 13.9 Å². The van der Waals surface area contributed by atoms with Gasteiger partial charge in [0.1, 0.15) is 0 Å². The molecule has 1 heterocycles. The molecule has 3 atom stereocenters. The van der Waals surface area contributed by atoms with Crippen LogP contribution in [0.25, 0.3) is 0 Å². The molecule has 0 saturated carbocycles. The highest BCUT2D eigenvalue weighted by molar-refractivity contribution is 6.99. The normalized spacial score (nSPS) is 20.3. The fourth-order valence-corrected chi connectivity index (χ4v) is 9.51. The average Bonchev–Trinajstić information content (AvgIpc) is 2.79. The Morgan fingerprint density at radius 1 is 1.00 bits per heavy atom. The fraction of sp³-hybridized carbons (Fsp3) is 0.500. The molecular formula is C28H40O3Si. The average molecular weight is 453 g/mol. The summed E-state index contributed by atoms with van der Waals surface area (Å²) in [5.74, 6) is 0.590. The molecule has 1 aliphatic rings. The lowest BCUT2D eigenvalue weighted by Crippen LogP contribution is -2.66. The van der Waals surface area contributed by atoms with E-state index in [4.69, 9.17) is 13.9 Å². The molecule has 3 nitrogen and oxygen atoms in total. The minimum Gasteiger partial charge on any atom is -0.407 e. The first-order valence-corrected chi connectivity index (χ1v) is 13.9. The zero-order chi connectivity index (χ0) is 23.0. The molecular weight excluding hydrogens is 412 g/mol. The monoisotopic (exact) mass is 452 g/mol. The van der Waals surface area contributed by atoms with Crippen LogP contribution < -0.4 is 10.4 Å². The number of methoxy groups -OCH3 is 1. The molecule has 0 N–H and O–H groups in total. The van der Waals surface area contributed by atoms with Crippen LogP contribution in [0.4, 0.5) is 0 Å². The van der Waals surface area contributed by atoms with Gasteiger partial charge in [-0.15, -0.1) is 0 Å². The Morgan fingerprint density at radius 3 is 2.12 bits per heavy atom. The summed E-state index contributed by atoms with van der Waals surface area (Å²) in [4.78, 5) is 0. The van der Waals surface area contributed by atoms with Gasteiger partial charge in [-0.2, -0.15) is 0 Å². The molecule has 0 bridgehead atoms. The Balaban J connectivity index is 1.67. The van der Waals surface area contributed by atoms with Crippen LogP contribution in [0.2, 0.25) is 5.04 Å². The van der Waals surface area contributed by atoms with Crippen LogP contribution in [0.15, 0.2) is 72.8 Å². The van der Waals surface area contributed by atoms with Crippen molar-refractivity contribution in [2.24, 2.45) is 5.92 Å². The van der Waals surface area contributed by atoms with Gasteiger partial charge in [0.25, 0.3) is 8.32 Å². The van der Waals surface area contributed by atoms with Crippen LogP contribution in [0.3, 0.4) is 0 Å². The third kappa shape index (κ3) is 5.99. The van der Waals surface area contributed by atoms with Crippen LogP contribution in [0, 0.1) is 5.92 Å². The molecule has 32 heavy (non-hydrogen) atoms. The summed E-state index contributed by atoms with van der Waals surface area (Å²) in [6.07, 6.45) is 8.46. The first-order chi connectivity index (χ1) is 15.4. The number of hydrogen-bond acceptors (Lipinski definition) is 3. The summed E-state index contributed by atoms with van der Waals surface area (Å²) in [5, 5.41) is 2.72. The van der Waals surface area contributed by atoms with Gasteiger partial charge in [0.15, 0.2) is 6.29 Å². The standard InChI is InChI=1S/C28H40O3Si/c1-23(22-24-15-12-20-27(29-5)31-24)14-13-21-30-32(28(2,3)4,25-16-8-6-9-17-25)26-18-10-7-11-19-26/h6-12,16-20,23-24,27H,13-15,21-22H2,1-5H3. The molecule has 1 aliphatic heterocycles. The van der Waals surface area contributed by atoms with Crippen molar-refractivity contribution in [2.75, 3.05) is 13.7 Å². The lowest BCUT2D eigenvalue weighted by molar-refractivity contribution is -0.136. The van der Waals surface area contributed by atoms with E-state index in [1.54, 1.807) is 7.11 Å². The molecule has 0 aromatic heterocycles. The Morgan fingerprint density at radius 2 is 1.59 bits per heavy atom. The third-order valence-corrected chi connectivity index (χ3v) is 11.5. The van der Waals surface area contributed by atoms with Crippen molar-refractivity contribution in [3.05, 3.63) is 72.8 Å². The van der Waals surface area contributed by atoms with Crippen LogP contribution in [-0.2, 0) is 13.9 Å². The van der Waals surface area contributed by atoms with E-state index < -0.39 is 8.32 Å². The number of rotatable bonds is 10. The van der Waals surface area contributed by atoms with Crippen LogP contribution >= 0.6 is 0 Å². The molecule has 0 saturated heterocycles. The zero-order valence-electron chi connectivity index (χ0n) is 20.4. The first kappa shape index (κ1) is 24.9. The van der Waals surface area contributed by atoms with E-state index in [1.807, 2.05) is 6.08 Å². The maximum atomic E-state index is 7.02. The summed E-state index contributed by atoms with van der Waals surface area (Å²) in [7, 11) is -0.731. The molecule has 2 aromatic rings. The second kappa shape index (κ2) is 11.4. The van der Waals surface area contributed by atoms with E-state index in [9.17, 15) is 0 Å². The van der Waals surface area contributed by atoms with Gasteiger partial charge in [0.05, 0.1) is 6.10 Å². The minimum atomic E-state index is -2.43. The summed E-state index contributed by atoms with van der Waals surface area (Å²) in [5.41, 5.74) is 0. The predicted octanol–water partition coefficient (Wildman–Crippen LogP) is 5.69. The van der Waals surface area contributed by atoms with Crippen molar-refractivity contribution in [1.82, 2.24) is 0 Å². The van der Waals surface area contributed by atoms with Gasteiger partial charge in [-0.05, 0) is 53.1 Å². The molecule has 3 rings (SSSR count). The lowest BCUT2D eigenvalue weighted by Gasteiger charge is -2.43. The second-order valence-corrected chi connectivity index (χ2v) is 14.3. The van der Waals surface area contributed by atoms with E-state index in [1.165, 1.54) is 10.4 Å². The van der Waals surface area contributed by atoms with Crippen molar-refractivity contribution in [2.45, 2.75) is 70.8 Å². The predicted molar refractivity (Wildman–Crippen MR) is 136 cm³/mol. The number of hydrogen-bond donors (Lipinski definition) is 0. The summed E-state index contributed by atoms with van der Waals surface area (Å²) in [6, 6.07) is 21.8. The van der Waals surface area contributed by atoms with Crippen LogP contribution in [0.1, 0.15) is 53.4 Å². The van der Waals surface area contributed by atoms with E-state index in [0.29, 0.717) is 5.92 Å².